The maximum Gasteiger partial charge on any atom is 0.261 e. The molecule has 0 bridgehead atoms. The number of amides is 1. The summed E-state index contributed by atoms with van der Waals surface area (Å²) >= 11 is 6.09. The number of hydrogen-bond acceptors (Lipinski definition) is 6. The minimum Gasteiger partial charge on any atom is -0.492 e. The topological polar surface area (TPSA) is 94.2 Å². The van der Waals surface area contributed by atoms with Crippen LogP contribution in [0.2, 0.25) is 5.02 Å². The van der Waals surface area contributed by atoms with Crippen LogP contribution in [0.15, 0.2) is 53.4 Å². The number of halogens is 1. The predicted molar refractivity (Wildman–Crippen MR) is 121 cm³/mol. The van der Waals surface area contributed by atoms with Crippen LogP contribution in [0.4, 0.5) is 0 Å². The van der Waals surface area contributed by atoms with Gasteiger partial charge in [0.15, 0.2) is 6.10 Å². The van der Waals surface area contributed by atoms with Gasteiger partial charge in [-0.15, -0.1) is 0 Å². The molecule has 1 atom stereocenters. The standard InChI is InChI=1S/C22H27ClN2O6S/c1-2-20(31-21-6-4-3-5-19(21)23)22(26)24-11-14-30-17-7-9-18(10-8-17)32(27,28)25-12-15-29-16-13-25/h3-10,20H,2,11-16H2,1H3,(H,24,26). The molecule has 32 heavy (non-hydrogen) atoms. The van der Waals surface area contributed by atoms with Crippen LogP contribution in [-0.2, 0) is 19.6 Å². The van der Waals surface area contributed by atoms with Crippen LogP contribution in [-0.4, -0.2) is 64.2 Å². The molecule has 1 heterocycles. The Kier molecular flexibility index (Phi) is 8.75. The molecule has 2 aromatic carbocycles. The lowest BCUT2D eigenvalue weighted by Gasteiger charge is -2.26. The van der Waals surface area contributed by atoms with Crippen LogP contribution in [0.3, 0.4) is 0 Å². The van der Waals surface area contributed by atoms with Crippen molar-refractivity contribution in [2.45, 2.75) is 24.3 Å². The molecule has 0 radical (unpaired) electrons. The molecule has 0 aromatic heterocycles. The monoisotopic (exact) mass is 482 g/mol. The van der Waals surface area contributed by atoms with E-state index in [1.807, 2.05) is 6.92 Å². The highest BCUT2D eigenvalue weighted by atomic mass is 35.5. The molecule has 10 heteroatoms. The molecule has 1 N–H and O–H groups in total. The van der Waals surface area contributed by atoms with E-state index in [1.54, 1.807) is 36.4 Å². The summed E-state index contributed by atoms with van der Waals surface area (Å²) in [5.41, 5.74) is 0. The van der Waals surface area contributed by atoms with Crippen molar-refractivity contribution in [2.75, 3.05) is 39.5 Å². The number of sulfonamides is 1. The number of carbonyl (C=O) groups excluding carboxylic acids is 1. The van der Waals surface area contributed by atoms with Gasteiger partial charge in [-0.1, -0.05) is 30.7 Å². The summed E-state index contributed by atoms with van der Waals surface area (Å²) in [6, 6.07) is 13.2. The van der Waals surface area contributed by atoms with Crippen molar-refractivity contribution in [3.05, 3.63) is 53.6 Å². The lowest BCUT2D eigenvalue weighted by atomic mass is 10.2. The Morgan fingerprint density at radius 2 is 1.84 bits per heavy atom. The fraction of sp³-hybridized carbons (Fsp3) is 0.409. The summed E-state index contributed by atoms with van der Waals surface area (Å²) in [5, 5.41) is 3.22. The Balaban J connectivity index is 1.45. The fourth-order valence-corrected chi connectivity index (χ4v) is 4.70. The summed E-state index contributed by atoms with van der Waals surface area (Å²) < 4.78 is 43.2. The van der Waals surface area contributed by atoms with Gasteiger partial charge < -0.3 is 19.5 Å². The molecule has 1 aliphatic rings. The summed E-state index contributed by atoms with van der Waals surface area (Å²) in [4.78, 5) is 12.6. The molecule has 1 unspecified atom stereocenters. The second kappa shape index (κ2) is 11.5. The van der Waals surface area contributed by atoms with Crippen LogP contribution in [0.25, 0.3) is 0 Å². The molecule has 1 amide bonds. The minimum absolute atomic E-state index is 0.211. The molecule has 0 aliphatic carbocycles. The Morgan fingerprint density at radius 1 is 1.16 bits per heavy atom. The number of rotatable bonds is 10. The van der Waals surface area contributed by atoms with E-state index < -0.39 is 16.1 Å². The van der Waals surface area contributed by atoms with E-state index in [4.69, 9.17) is 25.8 Å². The normalized spacial score (nSPS) is 15.7. The van der Waals surface area contributed by atoms with Crippen molar-refractivity contribution in [1.82, 2.24) is 9.62 Å². The maximum absolute atomic E-state index is 12.6. The van der Waals surface area contributed by atoms with Crippen molar-refractivity contribution in [3.63, 3.8) is 0 Å². The van der Waals surface area contributed by atoms with Crippen LogP contribution >= 0.6 is 11.6 Å². The van der Waals surface area contributed by atoms with E-state index >= 15 is 0 Å². The number of carbonyl (C=O) groups is 1. The second-order valence-corrected chi connectivity index (χ2v) is 9.42. The first-order valence-corrected chi connectivity index (χ1v) is 12.2. The van der Waals surface area contributed by atoms with Crippen LogP contribution in [0.1, 0.15) is 13.3 Å². The molecule has 1 aliphatic heterocycles. The number of nitrogens with one attached hydrogen (secondary N) is 1. The fourth-order valence-electron chi connectivity index (χ4n) is 3.12. The van der Waals surface area contributed by atoms with Gasteiger partial charge in [-0.05, 0) is 42.8 Å². The SMILES string of the molecule is CCC(Oc1ccccc1Cl)C(=O)NCCOc1ccc(S(=O)(=O)N2CCOCC2)cc1. The van der Waals surface area contributed by atoms with Gasteiger partial charge in [0.25, 0.3) is 5.91 Å². The molecule has 0 saturated carbocycles. The van der Waals surface area contributed by atoms with Crippen molar-refractivity contribution in [1.29, 1.82) is 0 Å². The first-order valence-electron chi connectivity index (χ1n) is 10.4. The van der Waals surface area contributed by atoms with Gasteiger partial charge in [-0.25, -0.2) is 8.42 Å². The number of morpholine rings is 1. The van der Waals surface area contributed by atoms with Gasteiger partial charge in [0, 0.05) is 13.1 Å². The molecular formula is C22H27ClN2O6S. The molecule has 8 nitrogen and oxygen atoms in total. The van der Waals surface area contributed by atoms with Gasteiger partial charge >= 0.3 is 0 Å². The van der Waals surface area contributed by atoms with Crippen molar-refractivity contribution in [2.24, 2.45) is 0 Å². The van der Waals surface area contributed by atoms with E-state index in [1.165, 1.54) is 16.4 Å². The largest absolute Gasteiger partial charge is 0.492 e. The smallest absolute Gasteiger partial charge is 0.261 e. The predicted octanol–water partition coefficient (Wildman–Crippen LogP) is 2.71. The van der Waals surface area contributed by atoms with Gasteiger partial charge in [0.1, 0.15) is 18.1 Å². The third kappa shape index (κ3) is 6.35. The molecule has 0 spiro atoms. The van der Waals surface area contributed by atoms with E-state index in [9.17, 15) is 13.2 Å². The lowest BCUT2D eigenvalue weighted by Crippen LogP contribution is -2.40. The average molecular weight is 483 g/mol. The van der Waals surface area contributed by atoms with E-state index in [0.29, 0.717) is 49.2 Å². The van der Waals surface area contributed by atoms with Crippen molar-refractivity contribution >= 4 is 27.5 Å². The Hall–Kier alpha value is -2.33. The summed E-state index contributed by atoms with van der Waals surface area (Å²) in [6.07, 6.45) is -0.184. The van der Waals surface area contributed by atoms with Gasteiger partial charge in [-0.2, -0.15) is 4.31 Å². The Labute approximate surface area is 193 Å². The van der Waals surface area contributed by atoms with Gasteiger partial charge in [0.2, 0.25) is 10.0 Å². The van der Waals surface area contributed by atoms with Crippen molar-refractivity contribution < 1.29 is 27.4 Å². The maximum atomic E-state index is 12.6. The third-order valence-electron chi connectivity index (χ3n) is 4.87. The van der Waals surface area contributed by atoms with E-state index in [2.05, 4.69) is 5.32 Å². The molecule has 3 rings (SSSR count). The van der Waals surface area contributed by atoms with E-state index in [-0.39, 0.29) is 24.0 Å². The van der Waals surface area contributed by atoms with Crippen LogP contribution in [0.5, 0.6) is 11.5 Å². The second-order valence-electron chi connectivity index (χ2n) is 7.07. The zero-order valence-electron chi connectivity index (χ0n) is 17.8. The molecular weight excluding hydrogens is 456 g/mol. The highest BCUT2D eigenvalue weighted by molar-refractivity contribution is 7.89. The summed E-state index contributed by atoms with van der Waals surface area (Å²) in [6.45, 7) is 3.84. The number of nitrogens with zero attached hydrogens (tertiary/aromatic N) is 1. The van der Waals surface area contributed by atoms with Crippen molar-refractivity contribution in [3.8, 4) is 11.5 Å². The van der Waals surface area contributed by atoms with Gasteiger partial charge in [-0.3, -0.25) is 4.79 Å². The Morgan fingerprint density at radius 3 is 2.50 bits per heavy atom. The molecule has 174 valence electrons. The number of benzene rings is 2. The summed E-state index contributed by atoms with van der Waals surface area (Å²) in [5.74, 6) is 0.710. The van der Waals surface area contributed by atoms with E-state index in [0.717, 1.165) is 0 Å². The van der Waals surface area contributed by atoms with Gasteiger partial charge in [0.05, 0.1) is 29.7 Å². The Bertz CT molecular complexity index is 994. The summed E-state index contributed by atoms with van der Waals surface area (Å²) in [7, 11) is -3.54. The highest BCUT2D eigenvalue weighted by Crippen LogP contribution is 2.25. The zero-order valence-corrected chi connectivity index (χ0v) is 19.4. The minimum atomic E-state index is -3.54. The lowest BCUT2D eigenvalue weighted by molar-refractivity contribution is -0.128. The van der Waals surface area contributed by atoms with Crippen LogP contribution in [0, 0.1) is 0 Å². The quantitative estimate of drug-likeness (QED) is 0.523. The number of para-hydroxylation sites is 1. The first kappa shape index (κ1) is 24.3. The number of ether oxygens (including phenoxy) is 3. The highest BCUT2D eigenvalue weighted by Gasteiger charge is 2.26. The molecule has 2 aromatic rings. The molecule has 1 fully saturated rings. The number of hydrogen-bond donors (Lipinski definition) is 1. The first-order chi connectivity index (χ1) is 15.4. The third-order valence-corrected chi connectivity index (χ3v) is 7.10. The molecule has 1 saturated heterocycles. The average Bonchev–Trinajstić information content (AvgIpc) is 2.82. The van der Waals surface area contributed by atoms with Crippen LogP contribution < -0.4 is 14.8 Å². The zero-order chi connectivity index (χ0) is 23.0.